The van der Waals surface area contributed by atoms with Crippen LogP contribution in [-0.4, -0.2) is 42.2 Å². The molecule has 0 aliphatic carbocycles. The molecule has 0 radical (unpaired) electrons. The van der Waals surface area contributed by atoms with Crippen molar-refractivity contribution in [2.45, 2.75) is 19.8 Å². The van der Waals surface area contributed by atoms with E-state index in [-0.39, 0.29) is 32.0 Å². The summed E-state index contributed by atoms with van der Waals surface area (Å²) >= 11 is 0. The number of ether oxygens (including phenoxy) is 2. The van der Waals surface area contributed by atoms with E-state index in [0.717, 1.165) is 0 Å². The third kappa shape index (κ3) is 4.80. The van der Waals surface area contributed by atoms with E-state index in [1.807, 2.05) is 0 Å². The highest BCUT2D eigenvalue weighted by Gasteiger charge is 2.33. The lowest BCUT2D eigenvalue weighted by Crippen LogP contribution is -2.33. The van der Waals surface area contributed by atoms with Gasteiger partial charge in [-0.15, -0.1) is 0 Å². The van der Waals surface area contributed by atoms with E-state index in [2.05, 4.69) is 4.84 Å². The molecule has 0 spiro atoms. The number of hydroxylamine groups is 2. The monoisotopic (exact) mass is 335 g/mol. The van der Waals surface area contributed by atoms with E-state index >= 15 is 0 Å². The van der Waals surface area contributed by atoms with Crippen molar-refractivity contribution >= 4 is 23.9 Å². The first-order valence-corrected chi connectivity index (χ1v) is 7.40. The van der Waals surface area contributed by atoms with Gasteiger partial charge in [-0.3, -0.25) is 14.4 Å². The zero-order chi connectivity index (χ0) is 17.5. The second-order valence-corrected chi connectivity index (χ2v) is 5.30. The Kier molecular flexibility index (Phi) is 5.89. The summed E-state index contributed by atoms with van der Waals surface area (Å²) in [6, 6.07) is 8.49. The van der Waals surface area contributed by atoms with Crippen LogP contribution < -0.4 is 0 Å². The fraction of sp³-hybridized carbons (Fsp3) is 0.375. The molecule has 8 nitrogen and oxygen atoms in total. The van der Waals surface area contributed by atoms with Gasteiger partial charge < -0.3 is 9.47 Å². The molecule has 8 heteroatoms. The second kappa shape index (κ2) is 8.09. The molecule has 1 aliphatic heterocycles. The zero-order valence-corrected chi connectivity index (χ0v) is 13.1. The Morgan fingerprint density at radius 2 is 1.62 bits per heavy atom. The summed E-state index contributed by atoms with van der Waals surface area (Å²) in [5, 5.41) is 0.405. The lowest BCUT2D eigenvalue weighted by molar-refractivity contribution is -0.177. The quantitative estimate of drug-likeness (QED) is 0.576. The van der Waals surface area contributed by atoms with Gasteiger partial charge in [-0.1, -0.05) is 30.2 Å². The lowest BCUT2D eigenvalue weighted by atomic mass is 10.2. The molecule has 1 aromatic rings. The summed E-state index contributed by atoms with van der Waals surface area (Å²) in [5.74, 6) is -1.92. The number of hydrogen-bond acceptors (Lipinski definition) is 7. The maximum absolute atomic E-state index is 11.8. The number of imide groups is 1. The van der Waals surface area contributed by atoms with Crippen LogP contribution in [0.5, 0.6) is 0 Å². The number of rotatable bonds is 6. The molecular formula is C16H17NO7. The van der Waals surface area contributed by atoms with E-state index in [9.17, 15) is 19.2 Å². The highest BCUT2D eigenvalue weighted by atomic mass is 16.8. The van der Waals surface area contributed by atoms with Crippen molar-refractivity contribution in [3.05, 3.63) is 35.9 Å². The number of carbonyl (C=O) groups is 4. The molecule has 0 saturated carbocycles. The molecular weight excluding hydrogens is 318 g/mol. The predicted molar refractivity (Wildman–Crippen MR) is 79.4 cm³/mol. The van der Waals surface area contributed by atoms with Gasteiger partial charge in [0, 0.05) is 18.8 Å². The average Bonchev–Trinajstić information content (AvgIpc) is 2.90. The average molecular weight is 335 g/mol. The van der Waals surface area contributed by atoms with Gasteiger partial charge in [0.15, 0.2) is 0 Å². The van der Waals surface area contributed by atoms with Crippen molar-refractivity contribution in [2.24, 2.45) is 5.92 Å². The Bertz CT molecular complexity index is 613. The molecule has 0 aromatic heterocycles. The Morgan fingerprint density at radius 3 is 2.25 bits per heavy atom. The van der Waals surface area contributed by atoms with Gasteiger partial charge in [0.1, 0.15) is 6.61 Å². The molecule has 24 heavy (non-hydrogen) atoms. The first kappa shape index (κ1) is 17.5. The molecule has 1 aromatic carbocycles. The first-order chi connectivity index (χ1) is 11.5. The minimum absolute atomic E-state index is 0.0119. The standard InChI is InChI=1S/C16H17NO7/c1-11(9-22-15(20)12-5-3-2-4-6-12)10-23-16(21)24-17-13(18)7-8-14(17)19/h2-6,11H,7-10H2,1H3. The second-order valence-electron chi connectivity index (χ2n) is 5.30. The predicted octanol–water partition coefficient (Wildman–Crippen LogP) is 1.70. The largest absolute Gasteiger partial charge is 0.533 e. The summed E-state index contributed by atoms with van der Waals surface area (Å²) in [4.78, 5) is 50.3. The highest BCUT2D eigenvalue weighted by Crippen LogP contribution is 2.13. The van der Waals surface area contributed by atoms with Crippen molar-refractivity contribution in [3.63, 3.8) is 0 Å². The van der Waals surface area contributed by atoms with Gasteiger partial charge in [-0.2, -0.15) is 0 Å². The van der Waals surface area contributed by atoms with Crippen LogP contribution in [0.15, 0.2) is 30.3 Å². The van der Waals surface area contributed by atoms with Crippen molar-refractivity contribution in [1.29, 1.82) is 0 Å². The number of benzene rings is 1. The SMILES string of the molecule is CC(COC(=O)ON1C(=O)CCC1=O)COC(=O)c1ccccc1. The van der Waals surface area contributed by atoms with Gasteiger partial charge in [-0.25, -0.2) is 9.59 Å². The minimum Gasteiger partial charge on any atom is -0.462 e. The van der Waals surface area contributed by atoms with Gasteiger partial charge in [0.25, 0.3) is 11.8 Å². The van der Waals surface area contributed by atoms with Crippen LogP contribution in [-0.2, 0) is 23.9 Å². The van der Waals surface area contributed by atoms with Crippen LogP contribution in [0.2, 0.25) is 0 Å². The van der Waals surface area contributed by atoms with Crippen molar-refractivity contribution in [2.75, 3.05) is 13.2 Å². The number of esters is 1. The van der Waals surface area contributed by atoms with Crippen LogP contribution in [0.3, 0.4) is 0 Å². The summed E-state index contributed by atoms with van der Waals surface area (Å²) < 4.78 is 9.90. The fourth-order valence-corrected chi connectivity index (χ4v) is 1.89. The molecule has 1 heterocycles. The summed E-state index contributed by atoms with van der Waals surface area (Å²) in [6.45, 7) is 1.66. The Hall–Kier alpha value is -2.90. The summed E-state index contributed by atoms with van der Waals surface area (Å²) in [6.07, 6.45) is -1.13. The summed E-state index contributed by atoms with van der Waals surface area (Å²) in [5.41, 5.74) is 0.427. The van der Waals surface area contributed by atoms with Crippen LogP contribution in [0.25, 0.3) is 0 Å². The van der Waals surface area contributed by atoms with E-state index in [0.29, 0.717) is 10.6 Å². The van der Waals surface area contributed by atoms with E-state index in [4.69, 9.17) is 9.47 Å². The Labute approximate surface area is 138 Å². The molecule has 2 rings (SSSR count). The third-order valence-electron chi connectivity index (χ3n) is 3.17. The maximum atomic E-state index is 11.8. The van der Waals surface area contributed by atoms with E-state index in [1.54, 1.807) is 37.3 Å². The number of nitrogens with zero attached hydrogens (tertiary/aromatic N) is 1. The minimum atomic E-state index is -1.15. The Morgan fingerprint density at radius 1 is 1.04 bits per heavy atom. The van der Waals surface area contributed by atoms with Gasteiger partial charge in [0.2, 0.25) is 0 Å². The number of amides is 2. The first-order valence-electron chi connectivity index (χ1n) is 7.40. The maximum Gasteiger partial charge on any atom is 0.533 e. The lowest BCUT2D eigenvalue weighted by Gasteiger charge is -2.15. The van der Waals surface area contributed by atoms with Crippen molar-refractivity contribution in [3.8, 4) is 0 Å². The van der Waals surface area contributed by atoms with Crippen molar-refractivity contribution in [1.82, 2.24) is 5.06 Å². The molecule has 1 unspecified atom stereocenters. The molecule has 1 atom stereocenters. The number of carbonyl (C=O) groups excluding carboxylic acids is 4. The smallest absolute Gasteiger partial charge is 0.462 e. The van der Waals surface area contributed by atoms with Crippen molar-refractivity contribution < 1.29 is 33.5 Å². The normalized spacial score (nSPS) is 15.1. The van der Waals surface area contributed by atoms with E-state index in [1.165, 1.54) is 0 Å². The molecule has 0 N–H and O–H groups in total. The van der Waals surface area contributed by atoms with Crippen LogP contribution in [0.4, 0.5) is 4.79 Å². The molecule has 1 aliphatic rings. The van der Waals surface area contributed by atoms with Gasteiger partial charge in [-0.05, 0) is 12.1 Å². The van der Waals surface area contributed by atoms with Crippen LogP contribution >= 0.6 is 0 Å². The Balaban J connectivity index is 1.68. The van der Waals surface area contributed by atoms with Gasteiger partial charge in [0.05, 0.1) is 12.2 Å². The topological polar surface area (TPSA) is 99.2 Å². The van der Waals surface area contributed by atoms with E-state index < -0.39 is 23.9 Å². The molecule has 1 fully saturated rings. The van der Waals surface area contributed by atoms with Gasteiger partial charge >= 0.3 is 12.1 Å². The summed E-state index contributed by atoms with van der Waals surface area (Å²) in [7, 11) is 0. The van der Waals surface area contributed by atoms with Crippen LogP contribution in [0.1, 0.15) is 30.1 Å². The number of hydrogen-bond donors (Lipinski definition) is 0. The molecule has 2 amide bonds. The fourth-order valence-electron chi connectivity index (χ4n) is 1.89. The molecule has 128 valence electrons. The van der Waals surface area contributed by atoms with Crippen LogP contribution in [0, 0.1) is 5.92 Å². The molecule has 0 bridgehead atoms. The highest BCUT2D eigenvalue weighted by molar-refractivity contribution is 6.01. The third-order valence-corrected chi connectivity index (χ3v) is 3.17. The molecule has 1 saturated heterocycles. The zero-order valence-electron chi connectivity index (χ0n) is 13.1.